The summed E-state index contributed by atoms with van der Waals surface area (Å²) in [6.45, 7) is 5.06. The van der Waals surface area contributed by atoms with Crippen LogP contribution in [0.5, 0.6) is 0 Å². The van der Waals surface area contributed by atoms with E-state index in [1.165, 1.54) is 22.5 Å². The molecular weight excluding hydrogens is 335 g/mol. The van der Waals surface area contributed by atoms with Crippen LogP contribution < -0.4 is 4.90 Å². The van der Waals surface area contributed by atoms with Crippen molar-refractivity contribution in [3.63, 3.8) is 0 Å². The number of aryl methyl sites for hydroxylation is 2. The number of anilines is 1. The third-order valence-corrected chi connectivity index (χ3v) is 6.08. The van der Waals surface area contributed by atoms with Crippen molar-refractivity contribution in [2.24, 2.45) is 0 Å². The number of benzene rings is 1. The average molecular weight is 354 g/mol. The molecule has 0 spiro atoms. The first-order valence-corrected chi connectivity index (χ1v) is 9.19. The quantitative estimate of drug-likeness (QED) is 0.830. The molecule has 0 radical (unpaired) electrons. The van der Waals surface area contributed by atoms with E-state index in [0.717, 1.165) is 0 Å². The monoisotopic (exact) mass is 354 g/mol. The van der Waals surface area contributed by atoms with Crippen molar-refractivity contribution >= 4 is 16.0 Å². The van der Waals surface area contributed by atoms with E-state index in [0.29, 0.717) is 50.1 Å². The minimum Gasteiger partial charge on any atom is -0.408 e. The number of hydrogen-bond acceptors (Lipinski definition) is 6. The predicted octanol–water partition coefficient (Wildman–Crippen LogP) is 1.59. The number of piperazine rings is 1. The molecule has 1 aromatic heterocycles. The molecule has 1 aliphatic rings. The van der Waals surface area contributed by atoms with Gasteiger partial charge in [-0.2, -0.15) is 4.31 Å². The molecule has 24 heavy (non-hydrogen) atoms. The molecule has 9 heteroatoms. The second-order valence-electron chi connectivity index (χ2n) is 5.63. The maximum absolute atomic E-state index is 13.2. The van der Waals surface area contributed by atoms with Gasteiger partial charge in [0, 0.05) is 32.6 Å². The topological polar surface area (TPSA) is 79.5 Å². The summed E-state index contributed by atoms with van der Waals surface area (Å²) in [6.07, 6.45) is 0.658. The summed E-state index contributed by atoms with van der Waals surface area (Å²) in [5.74, 6) is 0.112. The molecular formula is C15H19FN4O3S. The van der Waals surface area contributed by atoms with Crippen LogP contribution in [0.25, 0.3) is 0 Å². The highest BCUT2D eigenvalue weighted by atomic mass is 32.2. The lowest BCUT2D eigenvalue weighted by Gasteiger charge is -2.33. The van der Waals surface area contributed by atoms with Gasteiger partial charge in [0.15, 0.2) is 0 Å². The Balaban J connectivity index is 1.73. The molecule has 0 bridgehead atoms. The van der Waals surface area contributed by atoms with Gasteiger partial charge in [0.2, 0.25) is 15.9 Å². The molecule has 0 atom stereocenters. The van der Waals surface area contributed by atoms with Gasteiger partial charge in [-0.05, 0) is 30.7 Å². The van der Waals surface area contributed by atoms with Gasteiger partial charge in [-0.3, -0.25) is 0 Å². The van der Waals surface area contributed by atoms with E-state index >= 15 is 0 Å². The highest BCUT2D eigenvalue weighted by molar-refractivity contribution is 7.89. The molecule has 1 aliphatic heterocycles. The van der Waals surface area contributed by atoms with Gasteiger partial charge in [0.05, 0.1) is 4.90 Å². The van der Waals surface area contributed by atoms with Gasteiger partial charge >= 0.3 is 6.01 Å². The Hall–Kier alpha value is -2.00. The molecule has 0 aliphatic carbocycles. The molecule has 7 nitrogen and oxygen atoms in total. The van der Waals surface area contributed by atoms with Gasteiger partial charge in [-0.1, -0.05) is 12.0 Å². The van der Waals surface area contributed by atoms with Crippen molar-refractivity contribution in [3.8, 4) is 0 Å². The fourth-order valence-corrected chi connectivity index (χ4v) is 4.30. The van der Waals surface area contributed by atoms with Gasteiger partial charge in [-0.25, -0.2) is 12.8 Å². The van der Waals surface area contributed by atoms with Crippen LogP contribution in [-0.2, 0) is 16.4 Å². The van der Waals surface area contributed by atoms with Crippen molar-refractivity contribution in [1.29, 1.82) is 0 Å². The van der Waals surface area contributed by atoms with Crippen LogP contribution in [0, 0.1) is 12.7 Å². The maximum Gasteiger partial charge on any atom is 0.318 e. The van der Waals surface area contributed by atoms with E-state index in [-0.39, 0.29) is 4.90 Å². The minimum atomic E-state index is -3.64. The van der Waals surface area contributed by atoms with Gasteiger partial charge < -0.3 is 9.32 Å². The molecule has 0 N–H and O–H groups in total. The van der Waals surface area contributed by atoms with Crippen LogP contribution in [0.15, 0.2) is 27.5 Å². The van der Waals surface area contributed by atoms with Crippen LogP contribution in [0.3, 0.4) is 0 Å². The zero-order valence-corrected chi connectivity index (χ0v) is 14.4. The number of halogens is 1. The molecule has 1 fully saturated rings. The van der Waals surface area contributed by atoms with Gasteiger partial charge in [0.25, 0.3) is 0 Å². The molecule has 1 aromatic carbocycles. The Labute approximate surface area is 140 Å². The van der Waals surface area contributed by atoms with Crippen molar-refractivity contribution < 1.29 is 17.2 Å². The first-order valence-electron chi connectivity index (χ1n) is 7.75. The van der Waals surface area contributed by atoms with E-state index in [9.17, 15) is 12.8 Å². The zero-order valence-electron chi connectivity index (χ0n) is 13.6. The third-order valence-electron chi connectivity index (χ3n) is 4.02. The first-order chi connectivity index (χ1) is 11.4. The van der Waals surface area contributed by atoms with Crippen molar-refractivity contribution in [2.45, 2.75) is 25.2 Å². The zero-order chi connectivity index (χ0) is 17.3. The smallest absolute Gasteiger partial charge is 0.318 e. The molecule has 0 amide bonds. The van der Waals surface area contributed by atoms with Crippen molar-refractivity contribution in [1.82, 2.24) is 14.5 Å². The second-order valence-corrected chi connectivity index (χ2v) is 7.54. The Bertz CT molecular complexity index is 829. The Morgan fingerprint density at radius 2 is 1.92 bits per heavy atom. The van der Waals surface area contributed by atoms with Gasteiger partial charge in [0.1, 0.15) is 5.82 Å². The summed E-state index contributed by atoms with van der Waals surface area (Å²) in [7, 11) is -3.64. The van der Waals surface area contributed by atoms with Crippen LogP contribution >= 0.6 is 0 Å². The molecule has 0 saturated carbocycles. The summed E-state index contributed by atoms with van der Waals surface area (Å²) in [4.78, 5) is 2.01. The Morgan fingerprint density at radius 1 is 1.21 bits per heavy atom. The highest BCUT2D eigenvalue weighted by Gasteiger charge is 2.31. The van der Waals surface area contributed by atoms with E-state index in [1.807, 2.05) is 11.8 Å². The lowest BCUT2D eigenvalue weighted by Crippen LogP contribution is -2.48. The predicted molar refractivity (Wildman–Crippen MR) is 85.8 cm³/mol. The highest BCUT2D eigenvalue weighted by Crippen LogP contribution is 2.23. The third kappa shape index (κ3) is 3.13. The Morgan fingerprint density at radius 3 is 2.50 bits per heavy atom. The van der Waals surface area contributed by atoms with Crippen LogP contribution in [0.1, 0.15) is 18.4 Å². The van der Waals surface area contributed by atoms with E-state index in [4.69, 9.17) is 4.42 Å². The summed E-state index contributed by atoms with van der Waals surface area (Å²) in [6, 6.07) is 4.13. The summed E-state index contributed by atoms with van der Waals surface area (Å²) in [5.41, 5.74) is 0.405. The molecule has 1 saturated heterocycles. The second kappa shape index (κ2) is 6.48. The van der Waals surface area contributed by atoms with E-state index in [1.54, 1.807) is 6.92 Å². The SMILES string of the molecule is CCc1nnc(N2CCN(S(=O)(=O)c3ccc(F)cc3C)CC2)o1. The standard InChI is InChI=1S/C15H19FN4O3S/c1-3-14-17-18-15(23-14)19-6-8-20(9-7-19)24(21,22)13-5-4-12(16)10-11(13)2/h4-5,10H,3,6-9H2,1-2H3. The summed E-state index contributed by atoms with van der Waals surface area (Å²) >= 11 is 0. The molecule has 0 unspecified atom stereocenters. The fourth-order valence-electron chi connectivity index (χ4n) is 2.68. The van der Waals surface area contributed by atoms with Crippen molar-refractivity contribution in [3.05, 3.63) is 35.5 Å². The van der Waals surface area contributed by atoms with Crippen molar-refractivity contribution in [2.75, 3.05) is 31.1 Å². The molecule has 130 valence electrons. The summed E-state index contributed by atoms with van der Waals surface area (Å²) in [5, 5.41) is 7.90. The first kappa shape index (κ1) is 16.8. The molecule has 3 rings (SSSR count). The largest absolute Gasteiger partial charge is 0.408 e. The Kier molecular flexibility index (Phi) is 4.55. The number of rotatable bonds is 4. The van der Waals surface area contributed by atoms with Crippen LogP contribution in [-0.4, -0.2) is 49.1 Å². The van der Waals surface area contributed by atoms with Gasteiger partial charge in [-0.15, -0.1) is 5.10 Å². The maximum atomic E-state index is 13.2. The van der Waals surface area contributed by atoms with Crippen LogP contribution in [0.2, 0.25) is 0 Å². The number of nitrogens with zero attached hydrogens (tertiary/aromatic N) is 4. The number of sulfonamides is 1. The van der Waals surface area contributed by atoms with Crippen LogP contribution in [0.4, 0.5) is 10.4 Å². The molecule has 2 heterocycles. The average Bonchev–Trinajstić information content (AvgIpc) is 3.03. The molecule has 2 aromatic rings. The lowest BCUT2D eigenvalue weighted by molar-refractivity contribution is 0.369. The minimum absolute atomic E-state index is 0.142. The number of aromatic nitrogens is 2. The van der Waals surface area contributed by atoms with E-state index in [2.05, 4.69) is 10.2 Å². The van der Waals surface area contributed by atoms with E-state index < -0.39 is 15.8 Å². The number of hydrogen-bond donors (Lipinski definition) is 0. The lowest BCUT2D eigenvalue weighted by atomic mass is 10.2. The summed E-state index contributed by atoms with van der Waals surface area (Å²) < 4.78 is 45.6. The normalized spacial score (nSPS) is 16.5. The fraction of sp³-hybridized carbons (Fsp3) is 0.467.